The van der Waals surface area contributed by atoms with E-state index in [0.29, 0.717) is 28.2 Å². The summed E-state index contributed by atoms with van der Waals surface area (Å²) in [6.45, 7) is 1.79. The third-order valence-electron chi connectivity index (χ3n) is 4.33. The summed E-state index contributed by atoms with van der Waals surface area (Å²) in [5.74, 6) is 1.19. The SMILES string of the molecule is Cc1ccc(NC(=O)COc2ccc(-c3nc(-c4ccccc4)no3)cc2)c(Cl)c1. The first kappa shape index (κ1) is 19.7. The topological polar surface area (TPSA) is 77.2 Å². The Bertz CT molecular complexity index is 1160. The Morgan fingerprint density at radius 1 is 1.03 bits per heavy atom. The normalized spacial score (nSPS) is 10.6. The predicted octanol–water partition coefficient (Wildman–Crippen LogP) is 5.38. The lowest BCUT2D eigenvalue weighted by Crippen LogP contribution is -2.20. The molecular formula is C23H18ClN3O3. The van der Waals surface area contributed by atoms with Crippen LogP contribution >= 0.6 is 11.6 Å². The van der Waals surface area contributed by atoms with Crippen molar-refractivity contribution in [2.75, 3.05) is 11.9 Å². The van der Waals surface area contributed by atoms with Crippen molar-refractivity contribution in [2.45, 2.75) is 6.92 Å². The lowest BCUT2D eigenvalue weighted by Gasteiger charge is -2.09. The van der Waals surface area contributed by atoms with E-state index in [2.05, 4.69) is 15.5 Å². The van der Waals surface area contributed by atoms with Gasteiger partial charge in [-0.3, -0.25) is 4.79 Å². The van der Waals surface area contributed by atoms with Gasteiger partial charge in [0.1, 0.15) is 5.75 Å². The molecule has 1 N–H and O–H groups in total. The number of hydrogen-bond donors (Lipinski definition) is 1. The van der Waals surface area contributed by atoms with Crippen LogP contribution < -0.4 is 10.1 Å². The number of carbonyl (C=O) groups excluding carboxylic acids is 1. The zero-order valence-electron chi connectivity index (χ0n) is 16.1. The summed E-state index contributed by atoms with van der Waals surface area (Å²) in [4.78, 5) is 16.5. The molecule has 0 aliphatic rings. The van der Waals surface area contributed by atoms with Gasteiger partial charge in [0, 0.05) is 11.1 Å². The number of anilines is 1. The molecule has 0 saturated carbocycles. The Hall–Kier alpha value is -3.64. The van der Waals surface area contributed by atoms with Gasteiger partial charge in [0.05, 0.1) is 10.7 Å². The molecule has 0 spiro atoms. The highest BCUT2D eigenvalue weighted by Crippen LogP contribution is 2.25. The summed E-state index contributed by atoms with van der Waals surface area (Å²) in [6.07, 6.45) is 0. The fourth-order valence-electron chi connectivity index (χ4n) is 2.80. The number of amides is 1. The van der Waals surface area contributed by atoms with E-state index in [4.69, 9.17) is 20.9 Å². The van der Waals surface area contributed by atoms with Crippen LogP contribution in [0.1, 0.15) is 5.56 Å². The lowest BCUT2D eigenvalue weighted by atomic mass is 10.2. The Labute approximate surface area is 178 Å². The number of aryl methyl sites for hydroxylation is 1. The summed E-state index contributed by atoms with van der Waals surface area (Å²) < 4.78 is 10.9. The van der Waals surface area contributed by atoms with Crippen molar-refractivity contribution in [3.8, 4) is 28.6 Å². The van der Waals surface area contributed by atoms with Crippen molar-refractivity contribution in [1.82, 2.24) is 10.1 Å². The van der Waals surface area contributed by atoms with Gasteiger partial charge >= 0.3 is 0 Å². The van der Waals surface area contributed by atoms with Crippen LogP contribution in [0.15, 0.2) is 77.3 Å². The van der Waals surface area contributed by atoms with Gasteiger partial charge in [-0.2, -0.15) is 4.98 Å². The van der Waals surface area contributed by atoms with Crippen LogP contribution in [0.2, 0.25) is 5.02 Å². The minimum atomic E-state index is -0.297. The maximum absolute atomic E-state index is 12.1. The number of nitrogens with zero attached hydrogens (tertiary/aromatic N) is 2. The van der Waals surface area contributed by atoms with Gasteiger partial charge in [-0.15, -0.1) is 0 Å². The Morgan fingerprint density at radius 2 is 1.80 bits per heavy atom. The number of benzene rings is 3. The molecule has 1 heterocycles. The van der Waals surface area contributed by atoms with Crippen molar-refractivity contribution in [1.29, 1.82) is 0 Å². The van der Waals surface area contributed by atoms with Crippen LogP contribution in [0, 0.1) is 6.92 Å². The number of nitrogens with one attached hydrogen (secondary N) is 1. The number of hydrogen-bond acceptors (Lipinski definition) is 5. The Morgan fingerprint density at radius 3 is 2.53 bits per heavy atom. The van der Waals surface area contributed by atoms with E-state index in [1.807, 2.05) is 43.3 Å². The zero-order chi connectivity index (χ0) is 20.9. The Kier molecular flexibility index (Phi) is 5.77. The first-order valence-corrected chi connectivity index (χ1v) is 9.65. The predicted molar refractivity (Wildman–Crippen MR) is 115 cm³/mol. The van der Waals surface area contributed by atoms with E-state index in [0.717, 1.165) is 16.7 Å². The van der Waals surface area contributed by atoms with E-state index in [-0.39, 0.29) is 12.5 Å². The summed E-state index contributed by atoms with van der Waals surface area (Å²) in [5.41, 5.74) is 3.21. The molecule has 0 saturated heterocycles. The molecule has 0 aliphatic carbocycles. The molecule has 0 bridgehead atoms. The zero-order valence-corrected chi connectivity index (χ0v) is 16.9. The second-order valence-electron chi connectivity index (χ2n) is 6.63. The molecule has 0 fully saturated rings. The highest BCUT2D eigenvalue weighted by molar-refractivity contribution is 6.33. The molecule has 0 aliphatic heterocycles. The second kappa shape index (κ2) is 8.80. The van der Waals surface area contributed by atoms with Crippen molar-refractivity contribution in [2.24, 2.45) is 0 Å². The average Bonchev–Trinajstić information content (AvgIpc) is 3.26. The molecule has 3 aromatic carbocycles. The van der Waals surface area contributed by atoms with Gasteiger partial charge < -0.3 is 14.6 Å². The molecule has 30 heavy (non-hydrogen) atoms. The molecule has 6 nitrogen and oxygen atoms in total. The first-order chi connectivity index (χ1) is 14.6. The number of carbonyl (C=O) groups is 1. The number of halogens is 1. The van der Waals surface area contributed by atoms with Crippen LogP contribution in [0.5, 0.6) is 5.75 Å². The maximum Gasteiger partial charge on any atom is 0.262 e. The molecular weight excluding hydrogens is 402 g/mol. The van der Waals surface area contributed by atoms with E-state index in [9.17, 15) is 4.79 Å². The fourth-order valence-corrected chi connectivity index (χ4v) is 3.08. The largest absolute Gasteiger partial charge is 0.484 e. The van der Waals surface area contributed by atoms with Gasteiger partial charge in [-0.1, -0.05) is 53.2 Å². The Balaban J connectivity index is 1.36. The molecule has 150 valence electrons. The molecule has 4 rings (SSSR count). The van der Waals surface area contributed by atoms with Gasteiger partial charge in [-0.25, -0.2) is 0 Å². The fraction of sp³-hybridized carbons (Fsp3) is 0.0870. The molecule has 0 unspecified atom stereocenters. The number of rotatable bonds is 6. The average molecular weight is 420 g/mol. The lowest BCUT2D eigenvalue weighted by molar-refractivity contribution is -0.118. The molecule has 4 aromatic rings. The van der Waals surface area contributed by atoms with Crippen molar-refractivity contribution < 1.29 is 14.1 Å². The standard InChI is InChI=1S/C23H18ClN3O3/c1-15-7-12-20(19(24)13-15)25-21(28)14-29-18-10-8-17(9-11-18)23-26-22(27-30-23)16-5-3-2-4-6-16/h2-13H,14H2,1H3,(H,25,28). The van der Waals surface area contributed by atoms with E-state index in [1.165, 1.54) is 0 Å². The van der Waals surface area contributed by atoms with Gasteiger partial charge in [0.25, 0.3) is 11.8 Å². The van der Waals surface area contributed by atoms with Gasteiger partial charge in [-0.05, 0) is 48.9 Å². The summed E-state index contributed by atoms with van der Waals surface area (Å²) >= 11 is 6.13. The molecule has 1 amide bonds. The monoisotopic (exact) mass is 419 g/mol. The highest BCUT2D eigenvalue weighted by atomic mass is 35.5. The summed E-state index contributed by atoms with van der Waals surface area (Å²) in [6, 6.07) is 22.1. The minimum absolute atomic E-state index is 0.137. The highest BCUT2D eigenvalue weighted by Gasteiger charge is 2.11. The summed E-state index contributed by atoms with van der Waals surface area (Å²) in [5, 5.41) is 7.24. The van der Waals surface area contributed by atoms with Crippen LogP contribution in [0.4, 0.5) is 5.69 Å². The number of aromatic nitrogens is 2. The number of ether oxygens (including phenoxy) is 1. The third kappa shape index (κ3) is 4.67. The van der Waals surface area contributed by atoms with Crippen LogP contribution in [-0.4, -0.2) is 22.7 Å². The van der Waals surface area contributed by atoms with Crippen molar-refractivity contribution in [3.05, 3.63) is 83.4 Å². The minimum Gasteiger partial charge on any atom is -0.484 e. The van der Waals surface area contributed by atoms with Crippen LogP contribution in [0.3, 0.4) is 0 Å². The van der Waals surface area contributed by atoms with Crippen molar-refractivity contribution in [3.63, 3.8) is 0 Å². The molecule has 1 aromatic heterocycles. The van der Waals surface area contributed by atoms with Crippen molar-refractivity contribution >= 4 is 23.2 Å². The maximum atomic E-state index is 12.1. The summed E-state index contributed by atoms with van der Waals surface area (Å²) in [7, 11) is 0. The quantitative estimate of drug-likeness (QED) is 0.453. The third-order valence-corrected chi connectivity index (χ3v) is 4.64. The van der Waals surface area contributed by atoms with E-state index >= 15 is 0 Å². The van der Waals surface area contributed by atoms with E-state index < -0.39 is 0 Å². The first-order valence-electron chi connectivity index (χ1n) is 9.27. The molecule has 7 heteroatoms. The van der Waals surface area contributed by atoms with Gasteiger partial charge in [0.15, 0.2) is 6.61 Å². The smallest absolute Gasteiger partial charge is 0.262 e. The second-order valence-corrected chi connectivity index (χ2v) is 7.04. The van der Waals surface area contributed by atoms with E-state index in [1.54, 1.807) is 36.4 Å². The van der Waals surface area contributed by atoms with Gasteiger partial charge in [0.2, 0.25) is 5.82 Å². The van der Waals surface area contributed by atoms with Crippen LogP contribution in [0.25, 0.3) is 22.8 Å². The molecule has 0 radical (unpaired) electrons. The van der Waals surface area contributed by atoms with Crippen LogP contribution in [-0.2, 0) is 4.79 Å². The molecule has 0 atom stereocenters.